The average Bonchev–Trinajstić information content (AvgIpc) is 2.90. The quantitative estimate of drug-likeness (QED) is 0.846. The Morgan fingerprint density at radius 2 is 2.17 bits per heavy atom. The number of imidazole rings is 1. The van der Waals surface area contributed by atoms with Gasteiger partial charge in [-0.05, 0) is 18.9 Å². The monoisotopic (exact) mass is 243 g/mol. The molecule has 1 amide bonds. The second kappa shape index (κ2) is 6.00. The average molecular weight is 243 g/mol. The first kappa shape index (κ1) is 12.4. The molecule has 2 rings (SSSR count). The van der Waals surface area contributed by atoms with E-state index in [0.717, 1.165) is 11.3 Å². The molecule has 94 valence electrons. The van der Waals surface area contributed by atoms with Crippen LogP contribution in [0.25, 0.3) is 0 Å². The summed E-state index contributed by atoms with van der Waals surface area (Å²) in [5.41, 5.74) is 2.10. The Kier molecular flexibility index (Phi) is 4.12. The van der Waals surface area contributed by atoms with Crippen LogP contribution >= 0.6 is 0 Å². The number of hydrogen-bond acceptors (Lipinski definition) is 2. The number of H-pyrrole nitrogens is 1. The predicted molar refractivity (Wildman–Crippen MR) is 69.9 cm³/mol. The third-order valence-corrected chi connectivity index (χ3v) is 2.85. The number of carbonyl (C=O) groups excluding carboxylic acids is 1. The highest BCUT2D eigenvalue weighted by molar-refractivity contribution is 5.76. The maximum Gasteiger partial charge on any atom is 0.220 e. The van der Waals surface area contributed by atoms with Crippen LogP contribution in [0.2, 0.25) is 0 Å². The van der Waals surface area contributed by atoms with Gasteiger partial charge in [-0.25, -0.2) is 4.98 Å². The smallest absolute Gasteiger partial charge is 0.220 e. The molecule has 2 N–H and O–H groups in total. The number of aryl methyl sites for hydroxylation is 1. The van der Waals surface area contributed by atoms with Gasteiger partial charge in [0.2, 0.25) is 5.91 Å². The Bertz CT molecular complexity index is 479. The van der Waals surface area contributed by atoms with Gasteiger partial charge in [0, 0.05) is 18.3 Å². The fourth-order valence-electron chi connectivity index (χ4n) is 1.81. The fraction of sp³-hybridized carbons (Fsp3) is 0.286. The van der Waals surface area contributed by atoms with Gasteiger partial charge >= 0.3 is 0 Å². The summed E-state index contributed by atoms with van der Waals surface area (Å²) >= 11 is 0. The Hall–Kier alpha value is -2.10. The van der Waals surface area contributed by atoms with Crippen LogP contribution in [-0.2, 0) is 11.2 Å². The number of nitrogens with one attached hydrogen (secondary N) is 2. The third-order valence-electron chi connectivity index (χ3n) is 2.85. The summed E-state index contributed by atoms with van der Waals surface area (Å²) < 4.78 is 0. The number of aromatic nitrogens is 2. The summed E-state index contributed by atoms with van der Waals surface area (Å²) in [7, 11) is 0. The molecule has 1 heterocycles. The zero-order chi connectivity index (χ0) is 12.8. The number of amides is 1. The lowest BCUT2D eigenvalue weighted by molar-refractivity contribution is -0.121. The van der Waals surface area contributed by atoms with Crippen LogP contribution in [0.5, 0.6) is 0 Å². The van der Waals surface area contributed by atoms with Gasteiger partial charge in [-0.1, -0.05) is 30.3 Å². The predicted octanol–water partition coefficient (Wildman–Crippen LogP) is 2.22. The minimum atomic E-state index is 0.0421. The van der Waals surface area contributed by atoms with E-state index in [0.29, 0.717) is 12.8 Å². The first-order valence-electron chi connectivity index (χ1n) is 6.07. The SMILES string of the molecule is CC(NC(=O)CCc1cnc[nH]1)c1ccccc1. The Balaban J connectivity index is 1.80. The topological polar surface area (TPSA) is 57.8 Å². The van der Waals surface area contributed by atoms with Crippen molar-refractivity contribution < 1.29 is 4.79 Å². The van der Waals surface area contributed by atoms with Crippen molar-refractivity contribution in [2.24, 2.45) is 0 Å². The van der Waals surface area contributed by atoms with E-state index in [1.54, 1.807) is 12.5 Å². The summed E-state index contributed by atoms with van der Waals surface area (Å²) in [5.74, 6) is 0.0564. The van der Waals surface area contributed by atoms with Crippen LogP contribution in [0.3, 0.4) is 0 Å². The van der Waals surface area contributed by atoms with Gasteiger partial charge in [-0.3, -0.25) is 4.79 Å². The van der Waals surface area contributed by atoms with E-state index in [2.05, 4.69) is 15.3 Å². The number of hydrogen-bond donors (Lipinski definition) is 2. The molecule has 0 aliphatic heterocycles. The highest BCUT2D eigenvalue weighted by Gasteiger charge is 2.09. The van der Waals surface area contributed by atoms with Crippen molar-refractivity contribution in [1.82, 2.24) is 15.3 Å². The molecule has 4 nitrogen and oxygen atoms in total. The van der Waals surface area contributed by atoms with E-state index >= 15 is 0 Å². The molecule has 18 heavy (non-hydrogen) atoms. The lowest BCUT2D eigenvalue weighted by Gasteiger charge is -2.13. The second-order valence-electron chi connectivity index (χ2n) is 4.28. The maximum atomic E-state index is 11.8. The van der Waals surface area contributed by atoms with Crippen molar-refractivity contribution >= 4 is 5.91 Å². The van der Waals surface area contributed by atoms with Crippen molar-refractivity contribution in [2.75, 3.05) is 0 Å². The van der Waals surface area contributed by atoms with E-state index in [4.69, 9.17) is 0 Å². The van der Waals surface area contributed by atoms with Crippen molar-refractivity contribution in [3.63, 3.8) is 0 Å². The summed E-state index contributed by atoms with van der Waals surface area (Å²) in [6.07, 6.45) is 4.53. The molecular formula is C14H17N3O. The lowest BCUT2D eigenvalue weighted by Crippen LogP contribution is -2.26. The normalized spacial score (nSPS) is 12.1. The minimum Gasteiger partial charge on any atom is -0.350 e. The Labute approximate surface area is 106 Å². The molecule has 1 aromatic carbocycles. The lowest BCUT2D eigenvalue weighted by atomic mass is 10.1. The molecule has 0 saturated carbocycles. The number of aromatic amines is 1. The van der Waals surface area contributed by atoms with Crippen LogP contribution in [0.15, 0.2) is 42.9 Å². The van der Waals surface area contributed by atoms with Crippen LogP contribution in [0.1, 0.15) is 30.6 Å². The van der Waals surface area contributed by atoms with E-state index in [-0.39, 0.29) is 11.9 Å². The van der Waals surface area contributed by atoms with Gasteiger partial charge in [0.25, 0.3) is 0 Å². The highest BCUT2D eigenvalue weighted by atomic mass is 16.1. The molecule has 1 unspecified atom stereocenters. The minimum absolute atomic E-state index is 0.0421. The molecule has 4 heteroatoms. The third kappa shape index (κ3) is 3.45. The van der Waals surface area contributed by atoms with Gasteiger partial charge in [0.05, 0.1) is 12.4 Å². The number of rotatable bonds is 5. The summed E-state index contributed by atoms with van der Waals surface area (Å²) in [4.78, 5) is 18.7. The molecule has 1 atom stereocenters. The standard InChI is InChI=1S/C14H17N3O/c1-11(12-5-3-2-4-6-12)17-14(18)8-7-13-9-15-10-16-13/h2-6,9-11H,7-8H2,1H3,(H,15,16)(H,17,18). The summed E-state index contributed by atoms with van der Waals surface area (Å²) in [6, 6.07) is 9.99. The van der Waals surface area contributed by atoms with Crippen molar-refractivity contribution in [1.29, 1.82) is 0 Å². The molecule has 2 aromatic rings. The van der Waals surface area contributed by atoms with Gasteiger partial charge in [-0.2, -0.15) is 0 Å². The zero-order valence-corrected chi connectivity index (χ0v) is 10.4. The fourth-order valence-corrected chi connectivity index (χ4v) is 1.81. The van der Waals surface area contributed by atoms with Crippen LogP contribution in [-0.4, -0.2) is 15.9 Å². The van der Waals surface area contributed by atoms with E-state index in [1.807, 2.05) is 37.3 Å². The van der Waals surface area contributed by atoms with Crippen LogP contribution in [0.4, 0.5) is 0 Å². The molecule has 0 saturated heterocycles. The maximum absolute atomic E-state index is 11.8. The molecular weight excluding hydrogens is 226 g/mol. The Morgan fingerprint density at radius 3 is 2.83 bits per heavy atom. The van der Waals surface area contributed by atoms with Crippen molar-refractivity contribution in [3.05, 3.63) is 54.1 Å². The second-order valence-corrected chi connectivity index (χ2v) is 4.28. The van der Waals surface area contributed by atoms with E-state index in [1.165, 1.54) is 0 Å². The molecule has 0 bridgehead atoms. The summed E-state index contributed by atoms with van der Waals surface area (Å²) in [5, 5.41) is 2.99. The van der Waals surface area contributed by atoms with Crippen molar-refractivity contribution in [3.8, 4) is 0 Å². The highest BCUT2D eigenvalue weighted by Crippen LogP contribution is 2.11. The van der Waals surface area contributed by atoms with Crippen LogP contribution in [0, 0.1) is 0 Å². The van der Waals surface area contributed by atoms with Crippen LogP contribution < -0.4 is 5.32 Å². The van der Waals surface area contributed by atoms with E-state index < -0.39 is 0 Å². The molecule has 0 aliphatic carbocycles. The van der Waals surface area contributed by atoms with E-state index in [9.17, 15) is 4.79 Å². The van der Waals surface area contributed by atoms with Crippen molar-refractivity contribution in [2.45, 2.75) is 25.8 Å². The Morgan fingerprint density at radius 1 is 1.39 bits per heavy atom. The first-order valence-corrected chi connectivity index (χ1v) is 6.07. The molecule has 0 spiro atoms. The molecule has 0 aliphatic rings. The zero-order valence-electron chi connectivity index (χ0n) is 10.4. The number of benzene rings is 1. The van der Waals surface area contributed by atoms with Gasteiger partial charge in [0.15, 0.2) is 0 Å². The number of nitrogens with zero attached hydrogens (tertiary/aromatic N) is 1. The molecule has 0 radical (unpaired) electrons. The largest absolute Gasteiger partial charge is 0.350 e. The van der Waals surface area contributed by atoms with Gasteiger partial charge in [-0.15, -0.1) is 0 Å². The van der Waals surface area contributed by atoms with Gasteiger partial charge < -0.3 is 10.3 Å². The molecule has 1 aromatic heterocycles. The summed E-state index contributed by atoms with van der Waals surface area (Å²) in [6.45, 7) is 1.99. The first-order chi connectivity index (χ1) is 8.75. The van der Waals surface area contributed by atoms with Gasteiger partial charge in [0.1, 0.15) is 0 Å². The molecule has 0 fully saturated rings. The number of carbonyl (C=O) groups is 1.